The molecule has 0 bridgehead atoms. The molecule has 22 heavy (non-hydrogen) atoms. The fourth-order valence-corrected chi connectivity index (χ4v) is 2.21. The molecule has 2 aromatic rings. The summed E-state index contributed by atoms with van der Waals surface area (Å²) < 4.78 is 15.9. The predicted molar refractivity (Wildman–Crippen MR) is 84.9 cm³/mol. The minimum atomic E-state index is -0.207. The highest BCUT2D eigenvalue weighted by Gasteiger charge is 2.13. The summed E-state index contributed by atoms with van der Waals surface area (Å²) in [6.07, 6.45) is 0. The average Bonchev–Trinajstić information content (AvgIpc) is 2.98. The van der Waals surface area contributed by atoms with Gasteiger partial charge in [-0.2, -0.15) is 0 Å². The third-order valence-electron chi connectivity index (χ3n) is 3.09. The molecule has 0 aliphatic heterocycles. The highest BCUT2D eigenvalue weighted by molar-refractivity contribution is 6.35. The van der Waals surface area contributed by atoms with E-state index in [0.29, 0.717) is 48.4 Å². The molecule has 1 aromatic heterocycles. The summed E-state index contributed by atoms with van der Waals surface area (Å²) in [5, 5.41) is 3.87. The van der Waals surface area contributed by atoms with Gasteiger partial charge in [-0.3, -0.25) is 4.79 Å². The van der Waals surface area contributed by atoms with Gasteiger partial charge in [0.05, 0.1) is 30.4 Å². The van der Waals surface area contributed by atoms with E-state index in [1.165, 1.54) is 0 Å². The van der Waals surface area contributed by atoms with Crippen LogP contribution in [0.25, 0.3) is 10.9 Å². The van der Waals surface area contributed by atoms with E-state index in [1.807, 2.05) is 0 Å². The van der Waals surface area contributed by atoms with Crippen LogP contribution < -0.4 is 10.1 Å². The number of aromatic nitrogens is 1. The zero-order chi connectivity index (χ0) is 15.9. The highest BCUT2D eigenvalue weighted by Crippen LogP contribution is 2.31. The maximum Gasteiger partial charge on any atom is 0.267 e. The molecule has 1 amide bonds. The summed E-state index contributed by atoms with van der Waals surface area (Å²) in [4.78, 5) is 14.7. The Bertz CT molecular complexity index is 642. The number of methoxy groups -OCH3 is 1. The third-order valence-corrected chi connectivity index (χ3v) is 3.41. The molecule has 2 N–H and O–H groups in total. The molecule has 120 valence electrons. The van der Waals surface area contributed by atoms with Crippen LogP contribution in [-0.2, 0) is 9.47 Å². The highest BCUT2D eigenvalue weighted by atomic mass is 35.5. The minimum absolute atomic E-state index is 0.207. The number of aromatic amines is 1. The number of nitrogens with one attached hydrogen (secondary N) is 2. The fraction of sp³-hybridized carbons (Fsp3) is 0.400. The number of hydrogen-bond acceptors (Lipinski definition) is 4. The van der Waals surface area contributed by atoms with Crippen molar-refractivity contribution < 1.29 is 19.0 Å². The monoisotopic (exact) mass is 326 g/mol. The van der Waals surface area contributed by atoms with E-state index in [0.717, 1.165) is 5.39 Å². The summed E-state index contributed by atoms with van der Waals surface area (Å²) >= 11 is 6.15. The molecule has 0 saturated carbocycles. The zero-order valence-electron chi connectivity index (χ0n) is 12.6. The lowest BCUT2D eigenvalue weighted by Crippen LogP contribution is -2.17. The van der Waals surface area contributed by atoms with Crippen molar-refractivity contribution in [3.63, 3.8) is 0 Å². The van der Waals surface area contributed by atoms with E-state index in [1.54, 1.807) is 32.4 Å². The van der Waals surface area contributed by atoms with Gasteiger partial charge in [0, 0.05) is 19.5 Å². The van der Waals surface area contributed by atoms with Crippen LogP contribution in [0.15, 0.2) is 18.2 Å². The van der Waals surface area contributed by atoms with Crippen LogP contribution in [0.3, 0.4) is 0 Å². The van der Waals surface area contributed by atoms with E-state index < -0.39 is 0 Å². The molecule has 7 heteroatoms. The molecular weight excluding hydrogens is 308 g/mol. The number of rotatable bonds is 8. The van der Waals surface area contributed by atoms with Gasteiger partial charge in [0.2, 0.25) is 0 Å². The van der Waals surface area contributed by atoms with Gasteiger partial charge >= 0.3 is 0 Å². The van der Waals surface area contributed by atoms with E-state index in [4.69, 9.17) is 25.8 Å². The largest absolute Gasteiger partial charge is 0.490 e. The van der Waals surface area contributed by atoms with Crippen molar-refractivity contribution in [1.29, 1.82) is 0 Å². The number of benzene rings is 1. The molecule has 0 aliphatic carbocycles. The van der Waals surface area contributed by atoms with Crippen molar-refractivity contribution in [3.05, 3.63) is 28.9 Å². The second-order valence-electron chi connectivity index (χ2n) is 4.55. The molecule has 0 spiro atoms. The number of carbonyl (C=O) groups is 1. The molecule has 2 rings (SSSR count). The Morgan fingerprint density at radius 3 is 2.77 bits per heavy atom. The summed E-state index contributed by atoms with van der Waals surface area (Å²) in [5.41, 5.74) is 1.12. The second-order valence-corrected chi connectivity index (χ2v) is 4.96. The number of hydrogen-bond donors (Lipinski definition) is 2. The van der Waals surface area contributed by atoms with Gasteiger partial charge in [-0.1, -0.05) is 11.6 Å². The Balaban J connectivity index is 2.08. The Morgan fingerprint density at radius 2 is 2.05 bits per heavy atom. The van der Waals surface area contributed by atoms with Crippen molar-refractivity contribution in [2.24, 2.45) is 0 Å². The number of H-pyrrole nitrogens is 1. The van der Waals surface area contributed by atoms with E-state index in [9.17, 15) is 4.79 Å². The van der Waals surface area contributed by atoms with Crippen molar-refractivity contribution >= 4 is 28.4 Å². The van der Waals surface area contributed by atoms with Crippen LogP contribution in [0.5, 0.6) is 5.75 Å². The number of ether oxygens (including phenoxy) is 3. The Hall–Kier alpha value is -1.76. The first-order valence-corrected chi connectivity index (χ1v) is 7.28. The van der Waals surface area contributed by atoms with E-state index in [-0.39, 0.29) is 5.91 Å². The standard InChI is InChI=1S/C15H19ClN2O4/c1-17-15(19)12-9-10-13(4-3-11(16)14(10)18-12)22-8-7-21-6-5-20-2/h3-4,9,18H,5-8H2,1-2H3,(H,17,19). The molecule has 0 fully saturated rings. The van der Waals surface area contributed by atoms with Gasteiger partial charge in [0.15, 0.2) is 0 Å². The van der Waals surface area contributed by atoms with E-state index >= 15 is 0 Å². The van der Waals surface area contributed by atoms with Gasteiger partial charge in [-0.15, -0.1) is 0 Å². The summed E-state index contributed by atoms with van der Waals surface area (Å²) in [5.74, 6) is 0.447. The topological polar surface area (TPSA) is 72.6 Å². The van der Waals surface area contributed by atoms with Crippen LogP contribution in [-0.4, -0.2) is 51.5 Å². The molecule has 6 nitrogen and oxygen atoms in total. The summed E-state index contributed by atoms with van der Waals surface area (Å²) in [7, 11) is 3.20. The van der Waals surface area contributed by atoms with Crippen LogP contribution in [0, 0.1) is 0 Å². The Kier molecular flexibility index (Phi) is 6.06. The SMILES string of the molecule is CNC(=O)c1cc2c(OCCOCCOC)ccc(Cl)c2[nH]1. The molecular formula is C15H19ClN2O4. The summed E-state index contributed by atoms with van der Waals surface area (Å²) in [6.45, 7) is 1.94. The van der Waals surface area contributed by atoms with Crippen molar-refractivity contribution in [3.8, 4) is 5.75 Å². The lowest BCUT2D eigenvalue weighted by atomic mass is 10.2. The Morgan fingerprint density at radius 1 is 1.27 bits per heavy atom. The number of halogens is 1. The molecule has 0 atom stereocenters. The fourth-order valence-electron chi connectivity index (χ4n) is 2.00. The first-order valence-electron chi connectivity index (χ1n) is 6.90. The smallest absolute Gasteiger partial charge is 0.267 e. The van der Waals surface area contributed by atoms with Gasteiger partial charge in [0.1, 0.15) is 18.1 Å². The molecule has 1 heterocycles. The molecule has 0 aliphatic rings. The van der Waals surface area contributed by atoms with Crippen LogP contribution in [0.1, 0.15) is 10.5 Å². The Labute approximate surface area is 133 Å². The van der Waals surface area contributed by atoms with Gasteiger partial charge < -0.3 is 24.5 Å². The third kappa shape index (κ3) is 3.91. The lowest BCUT2D eigenvalue weighted by molar-refractivity contribution is 0.0547. The zero-order valence-corrected chi connectivity index (χ0v) is 13.3. The second kappa shape index (κ2) is 8.03. The molecule has 0 saturated heterocycles. The van der Waals surface area contributed by atoms with Crippen LogP contribution >= 0.6 is 11.6 Å². The first-order chi connectivity index (χ1) is 10.7. The number of fused-ring (bicyclic) bond motifs is 1. The predicted octanol–water partition coefficient (Wildman–Crippen LogP) is 2.22. The van der Waals surface area contributed by atoms with Crippen molar-refractivity contribution in [2.75, 3.05) is 40.6 Å². The van der Waals surface area contributed by atoms with E-state index in [2.05, 4.69) is 10.3 Å². The first kappa shape index (κ1) is 16.6. The van der Waals surface area contributed by atoms with Gasteiger partial charge in [-0.05, 0) is 18.2 Å². The maximum atomic E-state index is 11.7. The molecule has 1 aromatic carbocycles. The summed E-state index contributed by atoms with van der Waals surface area (Å²) in [6, 6.07) is 5.23. The molecule has 0 unspecified atom stereocenters. The quantitative estimate of drug-likeness (QED) is 0.730. The van der Waals surface area contributed by atoms with Crippen LogP contribution in [0.2, 0.25) is 5.02 Å². The number of carbonyl (C=O) groups excluding carboxylic acids is 1. The van der Waals surface area contributed by atoms with Crippen LogP contribution in [0.4, 0.5) is 0 Å². The average molecular weight is 327 g/mol. The normalized spacial score (nSPS) is 10.9. The van der Waals surface area contributed by atoms with Gasteiger partial charge in [-0.25, -0.2) is 0 Å². The number of amides is 1. The van der Waals surface area contributed by atoms with Crippen molar-refractivity contribution in [2.45, 2.75) is 0 Å². The van der Waals surface area contributed by atoms with Gasteiger partial charge in [0.25, 0.3) is 5.91 Å². The lowest BCUT2D eigenvalue weighted by Gasteiger charge is -2.08. The molecule has 0 radical (unpaired) electrons. The maximum absolute atomic E-state index is 11.7. The minimum Gasteiger partial charge on any atom is -0.490 e. The van der Waals surface area contributed by atoms with Crippen molar-refractivity contribution in [1.82, 2.24) is 10.3 Å².